The fourth-order valence-corrected chi connectivity index (χ4v) is 2.77. The van der Waals surface area contributed by atoms with E-state index in [-0.39, 0.29) is 12.0 Å². The molecule has 128 valence electrons. The third kappa shape index (κ3) is 4.51. The lowest BCUT2D eigenvalue weighted by Gasteiger charge is -2.16. The molecule has 0 aliphatic carbocycles. The Morgan fingerprint density at radius 2 is 2.33 bits per heavy atom. The highest BCUT2D eigenvalue weighted by Crippen LogP contribution is 2.19. The lowest BCUT2D eigenvalue weighted by Crippen LogP contribution is -2.25. The Kier molecular flexibility index (Phi) is 5.05. The summed E-state index contributed by atoms with van der Waals surface area (Å²) >= 11 is 0. The maximum Gasteiger partial charge on any atom is 0.217 e. The smallest absolute Gasteiger partial charge is 0.217 e. The van der Waals surface area contributed by atoms with Crippen molar-refractivity contribution in [2.75, 3.05) is 13.1 Å². The van der Waals surface area contributed by atoms with Gasteiger partial charge in [0.05, 0.1) is 17.9 Å². The summed E-state index contributed by atoms with van der Waals surface area (Å²) in [5.41, 5.74) is 1.76. The summed E-state index contributed by atoms with van der Waals surface area (Å²) in [6.45, 7) is 4.53. The van der Waals surface area contributed by atoms with Crippen molar-refractivity contribution in [3.8, 4) is 5.75 Å². The molecule has 1 atom stereocenters. The summed E-state index contributed by atoms with van der Waals surface area (Å²) in [6, 6.07) is 3.73. The number of carbonyl (C=O) groups excluding carboxylic acids is 1. The molecule has 0 saturated carbocycles. The first kappa shape index (κ1) is 16.4. The Morgan fingerprint density at radius 1 is 1.46 bits per heavy atom. The molecule has 8 nitrogen and oxygen atoms in total. The van der Waals surface area contributed by atoms with Gasteiger partial charge in [-0.2, -0.15) is 0 Å². The number of rotatable bonds is 6. The molecule has 3 heterocycles. The SMILES string of the molecule is CC(=O)NCc1cc(OC2CCN(Cc3cn(C)nn3)C2)ccn1. The van der Waals surface area contributed by atoms with Crippen LogP contribution in [0.2, 0.25) is 0 Å². The molecule has 8 heteroatoms. The quantitative estimate of drug-likeness (QED) is 0.830. The predicted octanol–water partition coefficient (Wildman–Crippen LogP) is 0.500. The van der Waals surface area contributed by atoms with Gasteiger partial charge in [-0.3, -0.25) is 19.4 Å². The van der Waals surface area contributed by atoms with Gasteiger partial charge in [0.15, 0.2) is 0 Å². The van der Waals surface area contributed by atoms with Gasteiger partial charge in [0.25, 0.3) is 0 Å². The number of amides is 1. The van der Waals surface area contributed by atoms with E-state index in [1.165, 1.54) is 6.92 Å². The number of hydrogen-bond donors (Lipinski definition) is 1. The lowest BCUT2D eigenvalue weighted by atomic mass is 10.3. The molecule has 1 fully saturated rings. The van der Waals surface area contributed by atoms with Crippen LogP contribution < -0.4 is 10.1 Å². The Bertz CT molecular complexity index is 701. The summed E-state index contributed by atoms with van der Waals surface area (Å²) in [4.78, 5) is 17.5. The van der Waals surface area contributed by atoms with Crippen LogP contribution in [0.4, 0.5) is 0 Å². The molecule has 2 aromatic heterocycles. The number of hydrogen-bond acceptors (Lipinski definition) is 6. The Hall–Kier alpha value is -2.48. The molecule has 1 unspecified atom stereocenters. The van der Waals surface area contributed by atoms with Crippen LogP contribution in [0.3, 0.4) is 0 Å². The zero-order chi connectivity index (χ0) is 16.9. The Labute approximate surface area is 140 Å². The van der Waals surface area contributed by atoms with E-state index in [9.17, 15) is 4.79 Å². The maximum atomic E-state index is 11.0. The van der Waals surface area contributed by atoms with Gasteiger partial charge < -0.3 is 10.1 Å². The molecule has 1 amide bonds. The fraction of sp³-hybridized carbons (Fsp3) is 0.500. The average Bonchev–Trinajstić information content (AvgIpc) is 3.15. The molecule has 1 N–H and O–H groups in total. The minimum atomic E-state index is -0.0708. The standard InChI is InChI=1S/C16H22N6O2/c1-12(23)18-8-13-7-15(3-5-17-13)24-16-4-6-22(11-16)10-14-9-21(2)20-19-14/h3,5,7,9,16H,4,6,8,10-11H2,1-2H3,(H,18,23). The van der Waals surface area contributed by atoms with E-state index in [0.717, 1.165) is 43.2 Å². The molecule has 24 heavy (non-hydrogen) atoms. The number of likely N-dealkylation sites (tertiary alicyclic amines) is 1. The highest BCUT2D eigenvalue weighted by atomic mass is 16.5. The van der Waals surface area contributed by atoms with E-state index in [1.54, 1.807) is 10.9 Å². The number of aromatic nitrogens is 4. The van der Waals surface area contributed by atoms with Crippen LogP contribution in [0, 0.1) is 0 Å². The van der Waals surface area contributed by atoms with Crippen LogP contribution in [0.25, 0.3) is 0 Å². The van der Waals surface area contributed by atoms with Crippen LogP contribution in [0.15, 0.2) is 24.5 Å². The minimum Gasteiger partial charge on any atom is -0.489 e. The molecule has 0 spiro atoms. The van der Waals surface area contributed by atoms with Gasteiger partial charge in [0.2, 0.25) is 5.91 Å². The molecule has 0 aromatic carbocycles. The molecular formula is C16H22N6O2. The number of pyridine rings is 1. The van der Waals surface area contributed by atoms with Crippen LogP contribution in [-0.4, -0.2) is 50.0 Å². The van der Waals surface area contributed by atoms with Crippen molar-refractivity contribution >= 4 is 5.91 Å². The lowest BCUT2D eigenvalue weighted by molar-refractivity contribution is -0.119. The third-order valence-corrected chi connectivity index (χ3v) is 3.87. The number of ether oxygens (including phenoxy) is 1. The first-order valence-corrected chi connectivity index (χ1v) is 8.02. The first-order valence-electron chi connectivity index (χ1n) is 8.02. The summed E-state index contributed by atoms with van der Waals surface area (Å²) in [5, 5.41) is 10.8. The van der Waals surface area contributed by atoms with Crippen molar-refractivity contribution in [3.05, 3.63) is 35.9 Å². The second kappa shape index (κ2) is 7.39. The van der Waals surface area contributed by atoms with Gasteiger partial charge in [0, 0.05) is 52.1 Å². The van der Waals surface area contributed by atoms with Gasteiger partial charge in [-0.25, -0.2) is 0 Å². The summed E-state index contributed by atoms with van der Waals surface area (Å²) in [6.07, 6.45) is 4.77. The molecule has 0 bridgehead atoms. The fourth-order valence-electron chi connectivity index (χ4n) is 2.77. The minimum absolute atomic E-state index is 0.0708. The number of nitrogens with zero attached hydrogens (tertiary/aromatic N) is 5. The van der Waals surface area contributed by atoms with Gasteiger partial charge >= 0.3 is 0 Å². The topological polar surface area (TPSA) is 85.2 Å². The molecule has 1 aliphatic heterocycles. The zero-order valence-corrected chi connectivity index (χ0v) is 14.0. The summed E-state index contributed by atoms with van der Waals surface area (Å²) < 4.78 is 7.78. The van der Waals surface area contributed by atoms with E-state index in [2.05, 4.69) is 25.5 Å². The van der Waals surface area contributed by atoms with Gasteiger partial charge in [-0.05, 0) is 12.5 Å². The molecule has 3 rings (SSSR count). The molecule has 1 saturated heterocycles. The van der Waals surface area contributed by atoms with Crippen molar-refractivity contribution in [3.63, 3.8) is 0 Å². The average molecular weight is 330 g/mol. The highest BCUT2D eigenvalue weighted by molar-refractivity contribution is 5.72. The first-order chi connectivity index (χ1) is 11.6. The predicted molar refractivity (Wildman–Crippen MR) is 87.1 cm³/mol. The zero-order valence-electron chi connectivity index (χ0n) is 14.0. The van der Waals surface area contributed by atoms with Gasteiger partial charge in [-0.15, -0.1) is 5.10 Å². The van der Waals surface area contributed by atoms with Crippen LogP contribution >= 0.6 is 0 Å². The van der Waals surface area contributed by atoms with E-state index in [4.69, 9.17) is 4.74 Å². The van der Waals surface area contributed by atoms with Crippen molar-refractivity contribution in [1.29, 1.82) is 0 Å². The van der Waals surface area contributed by atoms with E-state index in [0.29, 0.717) is 6.54 Å². The van der Waals surface area contributed by atoms with Gasteiger partial charge in [-0.1, -0.05) is 5.21 Å². The summed E-state index contributed by atoms with van der Waals surface area (Å²) in [7, 11) is 1.87. The van der Waals surface area contributed by atoms with E-state index in [1.807, 2.05) is 25.4 Å². The Morgan fingerprint density at radius 3 is 3.08 bits per heavy atom. The number of aryl methyl sites for hydroxylation is 1. The third-order valence-electron chi connectivity index (χ3n) is 3.87. The molecule has 1 aliphatic rings. The molecular weight excluding hydrogens is 308 g/mol. The highest BCUT2D eigenvalue weighted by Gasteiger charge is 2.24. The van der Waals surface area contributed by atoms with Crippen molar-refractivity contribution in [2.24, 2.45) is 7.05 Å². The summed E-state index contributed by atoms with van der Waals surface area (Å²) in [5.74, 6) is 0.718. The van der Waals surface area contributed by atoms with Crippen molar-refractivity contribution in [1.82, 2.24) is 30.2 Å². The second-order valence-corrected chi connectivity index (χ2v) is 6.04. The number of nitrogens with one attached hydrogen (secondary N) is 1. The second-order valence-electron chi connectivity index (χ2n) is 6.04. The van der Waals surface area contributed by atoms with Crippen LogP contribution in [-0.2, 0) is 24.9 Å². The van der Waals surface area contributed by atoms with Crippen LogP contribution in [0.1, 0.15) is 24.7 Å². The molecule has 2 aromatic rings. The van der Waals surface area contributed by atoms with E-state index >= 15 is 0 Å². The van der Waals surface area contributed by atoms with Crippen molar-refractivity contribution < 1.29 is 9.53 Å². The number of carbonyl (C=O) groups is 1. The van der Waals surface area contributed by atoms with Crippen LogP contribution in [0.5, 0.6) is 5.75 Å². The Balaban J connectivity index is 1.51. The maximum absolute atomic E-state index is 11.0. The van der Waals surface area contributed by atoms with Gasteiger partial charge in [0.1, 0.15) is 11.9 Å². The van der Waals surface area contributed by atoms with E-state index < -0.39 is 0 Å². The monoisotopic (exact) mass is 330 g/mol. The molecule has 0 radical (unpaired) electrons. The van der Waals surface area contributed by atoms with Crippen molar-refractivity contribution in [2.45, 2.75) is 32.5 Å². The largest absolute Gasteiger partial charge is 0.489 e. The normalized spacial score (nSPS) is 17.8.